The van der Waals surface area contributed by atoms with Crippen LogP contribution in [0.1, 0.15) is 41.4 Å². The molecule has 0 fully saturated rings. The number of carbonyl (C=O) groups excluding carboxylic acids is 1. The first-order chi connectivity index (χ1) is 12.0. The number of rotatable bonds is 3. The highest BCUT2D eigenvalue weighted by Crippen LogP contribution is 2.25. The number of nitrogens with zero attached hydrogens (tertiary/aromatic N) is 2. The van der Waals surface area contributed by atoms with Crippen molar-refractivity contribution in [1.82, 2.24) is 4.98 Å². The van der Waals surface area contributed by atoms with Crippen molar-refractivity contribution >= 4 is 34.1 Å². The molecule has 1 heterocycles. The molecule has 1 amide bonds. The quantitative estimate of drug-likeness (QED) is 0.712. The molecule has 1 N–H and O–H groups in total. The Balaban J connectivity index is 2.02. The normalized spacial score (nSPS) is 10.7. The van der Waals surface area contributed by atoms with Gasteiger partial charge in [0.05, 0.1) is 21.7 Å². The first-order valence-corrected chi connectivity index (χ1v) is 8.28. The first kappa shape index (κ1) is 16.9. The average Bonchev–Trinajstić information content (AvgIpc) is 2.60. The summed E-state index contributed by atoms with van der Waals surface area (Å²) in [6.45, 7) is 4.08. The number of anilines is 1. The van der Waals surface area contributed by atoms with Gasteiger partial charge in [-0.25, -0.2) is 0 Å². The Bertz CT molecular complexity index is 1010. The molecule has 0 bridgehead atoms. The molecule has 0 aliphatic heterocycles. The summed E-state index contributed by atoms with van der Waals surface area (Å²) in [6.07, 6.45) is 0. The molecule has 0 atom stereocenters. The van der Waals surface area contributed by atoms with Gasteiger partial charge in [0.1, 0.15) is 6.07 Å². The lowest BCUT2D eigenvalue weighted by molar-refractivity contribution is 0.102. The minimum absolute atomic E-state index is 0.209. The van der Waals surface area contributed by atoms with Crippen LogP contribution in [0.15, 0.2) is 48.5 Å². The second kappa shape index (κ2) is 6.92. The SMILES string of the molecule is CC(C)c1cc(C(=O)Nc2ccc(C#N)c(Cl)c2)c2ccccc2n1. The molecular weight excluding hydrogens is 334 g/mol. The molecule has 0 spiro atoms. The van der Waals surface area contributed by atoms with Gasteiger partial charge in [-0.2, -0.15) is 5.26 Å². The minimum Gasteiger partial charge on any atom is -0.322 e. The lowest BCUT2D eigenvalue weighted by Gasteiger charge is -2.12. The van der Waals surface area contributed by atoms with Gasteiger partial charge in [-0.1, -0.05) is 43.6 Å². The standard InChI is InChI=1S/C20H16ClN3O/c1-12(2)19-10-16(15-5-3-4-6-18(15)24-19)20(25)23-14-8-7-13(11-22)17(21)9-14/h3-10,12H,1-2H3,(H,23,25). The van der Waals surface area contributed by atoms with E-state index in [1.165, 1.54) is 0 Å². The number of nitrogens with one attached hydrogen (secondary N) is 1. The summed E-state index contributed by atoms with van der Waals surface area (Å²) in [4.78, 5) is 17.4. The summed E-state index contributed by atoms with van der Waals surface area (Å²) >= 11 is 6.04. The fourth-order valence-electron chi connectivity index (χ4n) is 2.56. The Labute approximate surface area is 151 Å². The van der Waals surface area contributed by atoms with Crippen molar-refractivity contribution in [2.45, 2.75) is 19.8 Å². The van der Waals surface area contributed by atoms with Gasteiger partial charge in [0, 0.05) is 16.8 Å². The van der Waals surface area contributed by atoms with Gasteiger partial charge in [0.2, 0.25) is 0 Å². The van der Waals surface area contributed by atoms with Crippen LogP contribution in [0.25, 0.3) is 10.9 Å². The third kappa shape index (κ3) is 3.47. The third-order valence-electron chi connectivity index (χ3n) is 3.92. The maximum absolute atomic E-state index is 12.8. The summed E-state index contributed by atoms with van der Waals surface area (Å²) in [7, 11) is 0. The molecule has 0 unspecified atom stereocenters. The first-order valence-electron chi connectivity index (χ1n) is 7.90. The van der Waals surface area contributed by atoms with Crippen LogP contribution >= 0.6 is 11.6 Å². The molecule has 0 saturated carbocycles. The maximum atomic E-state index is 12.8. The van der Waals surface area contributed by atoms with Crippen molar-refractivity contribution in [3.05, 3.63) is 70.4 Å². The molecule has 25 heavy (non-hydrogen) atoms. The highest BCUT2D eigenvalue weighted by Gasteiger charge is 2.15. The predicted octanol–water partition coefficient (Wildman–Crippen LogP) is 5.14. The molecule has 1 aromatic heterocycles. The molecule has 0 saturated heterocycles. The Morgan fingerprint density at radius 3 is 2.64 bits per heavy atom. The second-order valence-corrected chi connectivity index (χ2v) is 6.43. The van der Waals surface area contributed by atoms with Gasteiger partial charge >= 0.3 is 0 Å². The Hall–Kier alpha value is -2.90. The van der Waals surface area contributed by atoms with Crippen molar-refractivity contribution < 1.29 is 4.79 Å². The number of aromatic nitrogens is 1. The smallest absolute Gasteiger partial charge is 0.256 e. The number of halogens is 1. The van der Waals surface area contributed by atoms with E-state index in [2.05, 4.69) is 10.3 Å². The third-order valence-corrected chi connectivity index (χ3v) is 4.23. The molecule has 3 aromatic rings. The van der Waals surface area contributed by atoms with E-state index >= 15 is 0 Å². The van der Waals surface area contributed by atoms with Crippen LogP contribution in [0.2, 0.25) is 5.02 Å². The van der Waals surface area contributed by atoms with Crippen molar-refractivity contribution in [1.29, 1.82) is 5.26 Å². The molecule has 5 heteroatoms. The van der Waals surface area contributed by atoms with Gasteiger partial charge < -0.3 is 5.32 Å². The monoisotopic (exact) mass is 349 g/mol. The van der Waals surface area contributed by atoms with Crippen LogP contribution in [0.4, 0.5) is 5.69 Å². The fourth-order valence-corrected chi connectivity index (χ4v) is 2.78. The number of para-hydroxylation sites is 1. The largest absolute Gasteiger partial charge is 0.322 e. The predicted molar refractivity (Wildman–Crippen MR) is 100.0 cm³/mol. The Kier molecular flexibility index (Phi) is 4.69. The number of fused-ring (bicyclic) bond motifs is 1. The van der Waals surface area contributed by atoms with Gasteiger partial charge in [-0.3, -0.25) is 9.78 Å². The summed E-state index contributed by atoms with van der Waals surface area (Å²) < 4.78 is 0. The van der Waals surface area contributed by atoms with Gasteiger partial charge in [-0.05, 0) is 36.2 Å². The van der Waals surface area contributed by atoms with E-state index in [0.29, 0.717) is 21.8 Å². The summed E-state index contributed by atoms with van der Waals surface area (Å²) in [6, 6.07) is 16.2. The van der Waals surface area contributed by atoms with Crippen LogP contribution in [0.3, 0.4) is 0 Å². The molecule has 124 valence electrons. The zero-order chi connectivity index (χ0) is 18.0. The number of hydrogen-bond donors (Lipinski definition) is 1. The van der Waals surface area contributed by atoms with E-state index in [1.54, 1.807) is 18.2 Å². The zero-order valence-corrected chi connectivity index (χ0v) is 14.6. The highest BCUT2D eigenvalue weighted by atomic mass is 35.5. The van der Waals surface area contributed by atoms with Crippen molar-refractivity contribution in [3.63, 3.8) is 0 Å². The molecule has 0 aliphatic rings. The van der Waals surface area contributed by atoms with Crippen molar-refractivity contribution in [2.75, 3.05) is 5.32 Å². The summed E-state index contributed by atoms with van der Waals surface area (Å²) in [5.74, 6) is -0.0261. The van der Waals surface area contributed by atoms with Crippen LogP contribution in [0, 0.1) is 11.3 Å². The van der Waals surface area contributed by atoms with Crippen LogP contribution in [0.5, 0.6) is 0 Å². The number of nitriles is 1. The van der Waals surface area contributed by atoms with E-state index in [0.717, 1.165) is 16.6 Å². The van der Waals surface area contributed by atoms with E-state index in [-0.39, 0.29) is 11.8 Å². The van der Waals surface area contributed by atoms with E-state index in [1.807, 2.05) is 50.2 Å². The van der Waals surface area contributed by atoms with E-state index in [9.17, 15) is 4.79 Å². The average molecular weight is 350 g/mol. The van der Waals surface area contributed by atoms with E-state index < -0.39 is 0 Å². The Morgan fingerprint density at radius 1 is 1.20 bits per heavy atom. The molecule has 4 nitrogen and oxygen atoms in total. The van der Waals surface area contributed by atoms with Crippen LogP contribution in [-0.2, 0) is 0 Å². The lowest BCUT2D eigenvalue weighted by Crippen LogP contribution is -2.14. The summed E-state index contributed by atoms with van der Waals surface area (Å²) in [5, 5.41) is 12.9. The number of pyridine rings is 1. The van der Waals surface area contributed by atoms with Gasteiger partial charge in [-0.15, -0.1) is 0 Å². The van der Waals surface area contributed by atoms with E-state index in [4.69, 9.17) is 16.9 Å². The van der Waals surface area contributed by atoms with Crippen LogP contribution < -0.4 is 5.32 Å². The number of hydrogen-bond acceptors (Lipinski definition) is 3. The molecule has 0 radical (unpaired) electrons. The number of benzene rings is 2. The van der Waals surface area contributed by atoms with Crippen LogP contribution in [-0.4, -0.2) is 10.9 Å². The molecule has 0 aliphatic carbocycles. The maximum Gasteiger partial charge on any atom is 0.256 e. The minimum atomic E-state index is -0.235. The number of carbonyl (C=O) groups is 1. The second-order valence-electron chi connectivity index (χ2n) is 6.03. The van der Waals surface area contributed by atoms with Crippen molar-refractivity contribution in [2.24, 2.45) is 0 Å². The van der Waals surface area contributed by atoms with Gasteiger partial charge in [0.25, 0.3) is 5.91 Å². The highest BCUT2D eigenvalue weighted by molar-refractivity contribution is 6.32. The summed E-state index contributed by atoms with van der Waals surface area (Å²) in [5.41, 5.74) is 3.13. The fraction of sp³-hybridized carbons (Fsp3) is 0.150. The van der Waals surface area contributed by atoms with Gasteiger partial charge in [0.15, 0.2) is 0 Å². The topological polar surface area (TPSA) is 65.8 Å². The molecule has 3 rings (SSSR count). The zero-order valence-electron chi connectivity index (χ0n) is 13.9. The number of amides is 1. The van der Waals surface area contributed by atoms with Crippen molar-refractivity contribution in [3.8, 4) is 6.07 Å². The molecule has 2 aromatic carbocycles. The molecular formula is C20H16ClN3O. The Morgan fingerprint density at radius 2 is 1.96 bits per heavy atom. The lowest BCUT2D eigenvalue weighted by atomic mass is 10.0.